The molecule has 2 aliphatic heterocycles. The van der Waals surface area contributed by atoms with Crippen molar-refractivity contribution < 1.29 is 33.8 Å². The highest BCUT2D eigenvalue weighted by atomic mass is 16.6. The molecule has 5 atom stereocenters. The van der Waals surface area contributed by atoms with Crippen molar-refractivity contribution >= 4 is 34.9 Å². The average molecular weight is 670 g/mol. The van der Waals surface area contributed by atoms with E-state index in [2.05, 4.69) is 10.6 Å². The van der Waals surface area contributed by atoms with Crippen LogP contribution >= 0.6 is 0 Å². The van der Waals surface area contributed by atoms with Gasteiger partial charge in [0, 0.05) is 17.9 Å². The Balaban J connectivity index is 1.33. The molecule has 6 rings (SSSR count). The zero-order chi connectivity index (χ0) is 34.8. The van der Waals surface area contributed by atoms with Gasteiger partial charge in [-0.15, -0.1) is 0 Å². The van der Waals surface area contributed by atoms with Crippen molar-refractivity contribution in [1.82, 2.24) is 25.5 Å². The van der Waals surface area contributed by atoms with E-state index in [9.17, 15) is 24.3 Å². The van der Waals surface area contributed by atoms with Crippen LogP contribution in [0.2, 0.25) is 0 Å². The average Bonchev–Trinajstić information content (AvgIpc) is 3.60. The molecule has 3 heterocycles. The highest BCUT2D eigenvalue weighted by Gasteiger charge is 2.61. The van der Waals surface area contributed by atoms with E-state index < -0.39 is 53.2 Å². The van der Waals surface area contributed by atoms with Crippen molar-refractivity contribution in [3.63, 3.8) is 0 Å². The molecule has 49 heavy (non-hydrogen) atoms. The molecule has 258 valence electrons. The van der Waals surface area contributed by atoms with E-state index in [1.807, 2.05) is 66.7 Å². The van der Waals surface area contributed by atoms with Gasteiger partial charge in [0.15, 0.2) is 0 Å². The van der Waals surface area contributed by atoms with E-state index in [1.54, 1.807) is 20.8 Å². The Labute approximate surface area is 285 Å². The van der Waals surface area contributed by atoms with Gasteiger partial charge < -0.3 is 30.1 Å². The number of carbonyl (C=O) groups excluding carboxylic acids is 3. The third-order valence-corrected chi connectivity index (χ3v) is 9.18. The number of aromatic nitrogens is 2. The van der Waals surface area contributed by atoms with Crippen LogP contribution in [0.1, 0.15) is 65.7 Å². The fraction of sp³-hybridized carbons (Fsp3) is 0.459. The first-order valence-electron chi connectivity index (χ1n) is 16.9. The predicted molar refractivity (Wildman–Crippen MR) is 182 cm³/mol. The Morgan fingerprint density at radius 3 is 2.43 bits per heavy atom. The summed E-state index contributed by atoms with van der Waals surface area (Å²) in [5.74, 6) is -2.26. The van der Waals surface area contributed by atoms with Crippen LogP contribution in [-0.4, -0.2) is 79.7 Å². The molecule has 1 saturated carbocycles. The number of rotatable bonds is 5. The number of fused-ring (bicyclic) bond motifs is 3. The summed E-state index contributed by atoms with van der Waals surface area (Å²) in [4.78, 5) is 64.8. The summed E-state index contributed by atoms with van der Waals surface area (Å²) < 4.78 is 12.0. The SMILES string of the molecule is CC(C)(C)OC(=O)NC1CCCCCC=CC2CC2(C(=O)O)NC(=O)C2CC(Oc3nc4ccccc4nc3-c3ccccc3)CN2C1=O. The number of carboxylic acids is 1. The van der Waals surface area contributed by atoms with Crippen LogP contribution in [0.15, 0.2) is 66.7 Å². The quantitative estimate of drug-likeness (QED) is 0.317. The summed E-state index contributed by atoms with van der Waals surface area (Å²) in [6, 6.07) is 14.9. The number of carboxylic acid groups (broad SMARTS) is 1. The number of amides is 3. The number of alkyl carbamates (subject to hydrolysis) is 1. The summed E-state index contributed by atoms with van der Waals surface area (Å²) in [5, 5.41) is 15.7. The normalized spacial score (nSPS) is 26.1. The van der Waals surface area contributed by atoms with Gasteiger partial charge in [-0.25, -0.2) is 19.6 Å². The van der Waals surface area contributed by atoms with E-state index in [1.165, 1.54) is 4.90 Å². The molecule has 3 amide bonds. The molecule has 0 radical (unpaired) electrons. The monoisotopic (exact) mass is 669 g/mol. The molecule has 3 aromatic rings. The minimum atomic E-state index is -1.44. The van der Waals surface area contributed by atoms with Crippen molar-refractivity contribution in [2.45, 2.75) is 95.0 Å². The van der Waals surface area contributed by atoms with Gasteiger partial charge in [-0.1, -0.05) is 67.5 Å². The van der Waals surface area contributed by atoms with Crippen molar-refractivity contribution in [3.8, 4) is 17.1 Å². The highest BCUT2D eigenvalue weighted by molar-refractivity contribution is 5.96. The maximum absolute atomic E-state index is 14.3. The third kappa shape index (κ3) is 7.68. The second kappa shape index (κ2) is 13.9. The Morgan fingerprint density at radius 1 is 1.00 bits per heavy atom. The van der Waals surface area contributed by atoms with Crippen LogP contribution in [0.5, 0.6) is 5.88 Å². The maximum atomic E-state index is 14.3. The van der Waals surface area contributed by atoms with Gasteiger partial charge in [-0.3, -0.25) is 9.59 Å². The topological polar surface area (TPSA) is 160 Å². The number of aliphatic carboxylic acids is 1. The molecule has 0 spiro atoms. The molecular formula is C37H43N5O7. The maximum Gasteiger partial charge on any atom is 0.408 e. The lowest BCUT2D eigenvalue weighted by Crippen LogP contribution is -2.56. The summed E-state index contributed by atoms with van der Waals surface area (Å²) in [5.41, 5.74) is 0.385. The van der Waals surface area contributed by atoms with Gasteiger partial charge >= 0.3 is 12.1 Å². The molecule has 12 nitrogen and oxygen atoms in total. The second-order valence-electron chi connectivity index (χ2n) is 14.1. The molecular weight excluding hydrogens is 626 g/mol. The van der Waals surface area contributed by atoms with Gasteiger partial charge in [0.2, 0.25) is 17.7 Å². The minimum absolute atomic E-state index is 0.00948. The largest absolute Gasteiger partial charge is 0.479 e. The summed E-state index contributed by atoms with van der Waals surface area (Å²) >= 11 is 0. The predicted octanol–water partition coefficient (Wildman–Crippen LogP) is 5.02. The summed E-state index contributed by atoms with van der Waals surface area (Å²) in [6.45, 7) is 5.23. The molecule has 1 saturated heterocycles. The first-order chi connectivity index (χ1) is 23.4. The van der Waals surface area contributed by atoms with Crippen molar-refractivity contribution in [2.75, 3.05) is 6.54 Å². The number of allylic oxidation sites excluding steroid dienone is 1. The Bertz CT molecular complexity index is 1760. The number of nitrogens with one attached hydrogen (secondary N) is 2. The fourth-order valence-electron chi connectivity index (χ4n) is 6.60. The minimum Gasteiger partial charge on any atom is -0.479 e. The Morgan fingerprint density at radius 2 is 1.71 bits per heavy atom. The van der Waals surface area contributed by atoms with Crippen LogP contribution in [-0.2, 0) is 19.1 Å². The van der Waals surface area contributed by atoms with Gasteiger partial charge in [0.1, 0.15) is 35.0 Å². The fourth-order valence-corrected chi connectivity index (χ4v) is 6.60. The smallest absolute Gasteiger partial charge is 0.408 e. The van der Waals surface area contributed by atoms with Gasteiger partial charge in [0.25, 0.3) is 0 Å². The molecule has 12 heteroatoms. The number of hydrogen-bond acceptors (Lipinski definition) is 8. The molecule has 5 unspecified atom stereocenters. The van der Waals surface area contributed by atoms with Gasteiger partial charge in [0.05, 0.1) is 17.6 Å². The van der Waals surface area contributed by atoms with Crippen LogP contribution in [0.3, 0.4) is 0 Å². The molecule has 2 fully saturated rings. The van der Waals surface area contributed by atoms with E-state index >= 15 is 0 Å². The number of benzene rings is 2. The standard InChI is InChI=1S/C37H43N5O7/c1-36(2,3)49-35(47)40-28-19-11-6-4-5-10-16-24-21-37(24,34(45)46)41-31(43)29-20-25(22-42(29)33(28)44)48-32-30(23-14-8-7-9-15-23)38-26-17-12-13-18-27(26)39-32/h7-10,12-18,24-25,28-29H,4-6,11,19-22H2,1-3H3,(H,40,47)(H,41,43)(H,45,46). The van der Waals surface area contributed by atoms with E-state index in [0.29, 0.717) is 29.6 Å². The molecule has 3 aliphatic rings. The first-order valence-corrected chi connectivity index (χ1v) is 16.9. The molecule has 1 aliphatic carbocycles. The van der Waals surface area contributed by atoms with Crippen molar-refractivity contribution in [3.05, 3.63) is 66.7 Å². The van der Waals surface area contributed by atoms with Crippen LogP contribution in [0.25, 0.3) is 22.3 Å². The molecule has 1 aromatic heterocycles. The summed E-state index contributed by atoms with van der Waals surface area (Å²) in [6.07, 6.45) is 6.13. The van der Waals surface area contributed by atoms with Crippen LogP contribution < -0.4 is 15.4 Å². The number of hydrogen-bond donors (Lipinski definition) is 3. The Hall–Kier alpha value is -5.00. The highest BCUT2D eigenvalue weighted by Crippen LogP contribution is 2.45. The number of carbonyl (C=O) groups is 4. The molecule has 2 aromatic carbocycles. The van der Waals surface area contributed by atoms with Crippen molar-refractivity contribution in [2.24, 2.45) is 5.92 Å². The molecule has 0 bridgehead atoms. The third-order valence-electron chi connectivity index (χ3n) is 9.18. The first kappa shape index (κ1) is 33.9. The van der Waals surface area contributed by atoms with E-state index in [4.69, 9.17) is 19.4 Å². The zero-order valence-electron chi connectivity index (χ0n) is 28.1. The molecule has 3 N–H and O–H groups in total. The van der Waals surface area contributed by atoms with Gasteiger partial charge in [-0.2, -0.15) is 0 Å². The van der Waals surface area contributed by atoms with Gasteiger partial charge in [-0.05, 0) is 58.6 Å². The summed E-state index contributed by atoms with van der Waals surface area (Å²) in [7, 11) is 0. The lowest BCUT2D eigenvalue weighted by molar-refractivity contribution is -0.145. The van der Waals surface area contributed by atoms with E-state index in [0.717, 1.165) is 24.8 Å². The number of nitrogens with zero attached hydrogens (tertiary/aromatic N) is 3. The number of ether oxygens (including phenoxy) is 2. The van der Waals surface area contributed by atoms with E-state index in [-0.39, 0.29) is 31.2 Å². The second-order valence-corrected chi connectivity index (χ2v) is 14.1. The zero-order valence-corrected chi connectivity index (χ0v) is 28.1. The lowest BCUT2D eigenvalue weighted by atomic mass is 10.0. The van der Waals surface area contributed by atoms with Crippen molar-refractivity contribution in [1.29, 1.82) is 0 Å². The lowest BCUT2D eigenvalue weighted by Gasteiger charge is -2.30. The number of para-hydroxylation sites is 2. The van der Waals surface area contributed by atoms with Crippen LogP contribution in [0.4, 0.5) is 4.79 Å². The Kier molecular flexibility index (Phi) is 9.58. The van der Waals surface area contributed by atoms with Crippen LogP contribution in [0, 0.1) is 5.92 Å².